The van der Waals surface area contributed by atoms with E-state index in [1.807, 2.05) is 30.3 Å². The van der Waals surface area contributed by atoms with E-state index in [9.17, 15) is 13.2 Å². The van der Waals surface area contributed by atoms with Crippen molar-refractivity contribution in [1.29, 1.82) is 0 Å². The summed E-state index contributed by atoms with van der Waals surface area (Å²) in [6, 6.07) is 15.3. The molecule has 2 heterocycles. The van der Waals surface area contributed by atoms with Gasteiger partial charge in [0.15, 0.2) is 5.16 Å². The number of hydrogen-bond donors (Lipinski definition) is 2. The molecule has 2 aromatic carbocycles. The Hall–Kier alpha value is -2.93. The molecule has 1 aliphatic heterocycles. The summed E-state index contributed by atoms with van der Waals surface area (Å²) in [5, 5.41) is 11.4. The zero-order valence-corrected chi connectivity index (χ0v) is 20.3. The molecule has 0 aliphatic carbocycles. The fourth-order valence-electron chi connectivity index (χ4n) is 3.48. The molecule has 1 atom stereocenters. The van der Waals surface area contributed by atoms with Gasteiger partial charge in [0.1, 0.15) is 6.04 Å². The molecule has 0 bridgehead atoms. The second-order valence-electron chi connectivity index (χ2n) is 7.69. The van der Waals surface area contributed by atoms with Crippen molar-refractivity contribution in [2.24, 2.45) is 0 Å². The normalized spacial score (nSPS) is 15.7. The first-order valence-electron chi connectivity index (χ1n) is 10.7. The molecule has 3 N–H and O–H groups in total. The van der Waals surface area contributed by atoms with Crippen LogP contribution in [0.3, 0.4) is 0 Å². The summed E-state index contributed by atoms with van der Waals surface area (Å²) in [5.41, 5.74) is 7.59. The SMILES string of the molecule is CC(C(=O)Nc1ccc(S(=O)(=O)N2CCOCC2)cc1)n1c(N)nnc1SCc1ccccc1. The highest BCUT2D eigenvalue weighted by Gasteiger charge is 2.27. The standard InChI is InChI=1S/C22H26N6O4S2/c1-16(28-21(23)25-26-22(28)33-15-17-5-3-2-4-6-17)20(29)24-18-7-9-19(10-8-18)34(30,31)27-11-13-32-14-12-27/h2-10,16H,11-15H2,1H3,(H2,23,25)(H,24,29). The lowest BCUT2D eigenvalue weighted by molar-refractivity contribution is -0.118. The minimum absolute atomic E-state index is 0.144. The minimum atomic E-state index is -3.60. The number of carbonyl (C=O) groups excluding carboxylic acids is 1. The molecule has 180 valence electrons. The van der Waals surface area contributed by atoms with Crippen LogP contribution in [-0.4, -0.2) is 59.7 Å². The number of nitrogens with two attached hydrogens (primary N) is 1. The monoisotopic (exact) mass is 502 g/mol. The van der Waals surface area contributed by atoms with Crippen molar-refractivity contribution >= 4 is 39.3 Å². The van der Waals surface area contributed by atoms with Gasteiger partial charge in [-0.3, -0.25) is 9.36 Å². The van der Waals surface area contributed by atoms with Crippen LogP contribution >= 0.6 is 11.8 Å². The number of sulfonamides is 1. The van der Waals surface area contributed by atoms with Crippen LogP contribution in [0.2, 0.25) is 0 Å². The number of nitrogens with zero attached hydrogens (tertiary/aromatic N) is 4. The molecule has 1 unspecified atom stereocenters. The number of amides is 1. The Balaban J connectivity index is 1.42. The Bertz CT molecular complexity index is 1230. The lowest BCUT2D eigenvalue weighted by Crippen LogP contribution is -2.40. The first-order chi connectivity index (χ1) is 16.4. The maximum Gasteiger partial charge on any atom is 0.247 e. The number of aromatic nitrogens is 3. The predicted octanol–water partition coefficient (Wildman–Crippen LogP) is 2.37. The quantitative estimate of drug-likeness (QED) is 0.449. The molecule has 12 heteroatoms. The van der Waals surface area contributed by atoms with Gasteiger partial charge in [-0.15, -0.1) is 10.2 Å². The van der Waals surface area contributed by atoms with Gasteiger partial charge in [0.2, 0.25) is 21.9 Å². The van der Waals surface area contributed by atoms with Crippen molar-refractivity contribution in [3.05, 3.63) is 60.2 Å². The van der Waals surface area contributed by atoms with Gasteiger partial charge in [0.25, 0.3) is 0 Å². The first kappa shape index (κ1) is 24.2. The lowest BCUT2D eigenvalue weighted by atomic mass is 10.2. The van der Waals surface area contributed by atoms with E-state index in [2.05, 4.69) is 15.5 Å². The van der Waals surface area contributed by atoms with Crippen LogP contribution in [-0.2, 0) is 25.3 Å². The van der Waals surface area contributed by atoms with Gasteiger partial charge in [-0.1, -0.05) is 42.1 Å². The third kappa shape index (κ3) is 5.41. The molecule has 0 spiro atoms. The molecule has 0 radical (unpaired) electrons. The van der Waals surface area contributed by atoms with Gasteiger partial charge < -0.3 is 15.8 Å². The van der Waals surface area contributed by atoms with E-state index < -0.39 is 16.1 Å². The fraction of sp³-hybridized carbons (Fsp3) is 0.318. The number of thioether (sulfide) groups is 1. The number of ether oxygens (including phenoxy) is 1. The van der Waals surface area contributed by atoms with E-state index in [4.69, 9.17) is 10.5 Å². The van der Waals surface area contributed by atoms with Crippen LogP contribution in [0.25, 0.3) is 0 Å². The van der Waals surface area contributed by atoms with Crippen molar-refractivity contribution in [3.63, 3.8) is 0 Å². The third-order valence-electron chi connectivity index (χ3n) is 5.40. The maximum atomic E-state index is 12.9. The highest BCUT2D eigenvalue weighted by atomic mass is 32.2. The molecule has 1 fully saturated rings. The molecule has 3 aromatic rings. The van der Waals surface area contributed by atoms with Crippen molar-refractivity contribution < 1.29 is 17.9 Å². The Morgan fingerprint density at radius 2 is 1.79 bits per heavy atom. The van der Waals surface area contributed by atoms with E-state index in [-0.39, 0.29) is 16.8 Å². The Kier molecular flexibility index (Phi) is 7.51. The summed E-state index contributed by atoms with van der Waals surface area (Å²) >= 11 is 1.44. The molecule has 34 heavy (non-hydrogen) atoms. The largest absolute Gasteiger partial charge is 0.379 e. The topological polar surface area (TPSA) is 132 Å². The Morgan fingerprint density at radius 3 is 2.47 bits per heavy atom. The van der Waals surface area contributed by atoms with E-state index >= 15 is 0 Å². The van der Waals surface area contributed by atoms with Crippen molar-refractivity contribution in [3.8, 4) is 0 Å². The number of carbonyl (C=O) groups is 1. The van der Waals surface area contributed by atoms with Crippen molar-refractivity contribution in [1.82, 2.24) is 19.1 Å². The summed E-state index contributed by atoms with van der Waals surface area (Å²) in [5.74, 6) is 0.480. The van der Waals surface area contributed by atoms with E-state index in [1.165, 1.54) is 28.2 Å². The van der Waals surface area contributed by atoms with E-state index in [1.54, 1.807) is 23.6 Å². The summed E-state index contributed by atoms with van der Waals surface area (Å²) < 4.78 is 33.8. The van der Waals surface area contributed by atoms with Gasteiger partial charge in [-0.05, 0) is 36.8 Å². The van der Waals surface area contributed by atoms with Gasteiger partial charge in [-0.25, -0.2) is 8.42 Å². The third-order valence-corrected chi connectivity index (χ3v) is 8.33. The van der Waals surface area contributed by atoms with Crippen LogP contribution in [0.15, 0.2) is 64.6 Å². The van der Waals surface area contributed by atoms with Gasteiger partial charge >= 0.3 is 0 Å². The molecular formula is C22H26N6O4S2. The average Bonchev–Trinajstić information content (AvgIpc) is 3.23. The highest BCUT2D eigenvalue weighted by molar-refractivity contribution is 7.98. The predicted molar refractivity (Wildman–Crippen MR) is 130 cm³/mol. The van der Waals surface area contributed by atoms with Crippen LogP contribution in [0, 0.1) is 0 Å². The number of hydrogen-bond acceptors (Lipinski definition) is 8. The van der Waals surface area contributed by atoms with Crippen LogP contribution in [0.5, 0.6) is 0 Å². The van der Waals surface area contributed by atoms with Gasteiger partial charge in [-0.2, -0.15) is 4.31 Å². The summed E-state index contributed by atoms with van der Waals surface area (Å²) in [7, 11) is -3.60. The summed E-state index contributed by atoms with van der Waals surface area (Å²) in [6.45, 7) is 3.11. The van der Waals surface area contributed by atoms with Crippen LogP contribution in [0.4, 0.5) is 11.6 Å². The number of anilines is 2. The first-order valence-corrected chi connectivity index (χ1v) is 13.1. The van der Waals surface area contributed by atoms with Gasteiger partial charge in [0, 0.05) is 24.5 Å². The van der Waals surface area contributed by atoms with Crippen LogP contribution < -0.4 is 11.1 Å². The fourth-order valence-corrected chi connectivity index (χ4v) is 5.87. The zero-order valence-electron chi connectivity index (χ0n) is 18.6. The molecular weight excluding hydrogens is 476 g/mol. The van der Waals surface area contributed by atoms with Gasteiger partial charge in [0.05, 0.1) is 18.1 Å². The number of morpholine rings is 1. The Morgan fingerprint density at radius 1 is 1.12 bits per heavy atom. The van der Waals surface area contributed by atoms with Crippen molar-refractivity contribution in [2.45, 2.75) is 28.8 Å². The molecule has 1 aromatic heterocycles. The molecule has 4 rings (SSSR count). The number of nitrogen functional groups attached to an aromatic ring is 1. The average molecular weight is 503 g/mol. The molecule has 1 amide bonds. The molecule has 1 aliphatic rings. The molecule has 0 saturated carbocycles. The number of benzene rings is 2. The number of nitrogens with one attached hydrogen (secondary N) is 1. The van der Waals surface area contributed by atoms with Crippen LogP contribution in [0.1, 0.15) is 18.5 Å². The van der Waals surface area contributed by atoms with E-state index in [0.717, 1.165) is 5.56 Å². The van der Waals surface area contributed by atoms with E-state index in [0.29, 0.717) is 42.9 Å². The lowest BCUT2D eigenvalue weighted by Gasteiger charge is -2.26. The second kappa shape index (κ2) is 10.6. The summed E-state index contributed by atoms with van der Waals surface area (Å²) in [6.07, 6.45) is 0. The molecule has 1 saturated heterocycles. The Labute approximate surface area is 202 Å². The second-order valence-corrected chi connectivity index (χ2v) is 10.6. The molecule has 10 nitrogen and oxygen atoms in total. The summed E-state index contributed by atoms with van der Waals surface area (Å²) in [4.78, 5) is 13.1. The maximum absolute atomic E-state index is 12.9. The smallest absolute Gasteiger partial charge is 0.247 e. The highest BCUT2D eigenvalue weighted by Crippen LogP contribution is 2.27. The minimum Gasteiger partial charge on any atom is -0.379 e. The van der Waals surface area contributed by atoms with Crippen molar-refractivity contribution in [2.75, 3.05) is 37.4 Å². The zero-order chi connectivity index (χ0) is 24.1. The number of rotatable bonds is 8.